The highest BCUT2D eigenvalue weighted by atomic mass is 16.5. The van der Waals surface area contributed by atoms with Gasteiger partial charge < -0.3 is 14.4 Å². The van der Waals surface area contributed by atoms with E-state index in [2.05, 4.69) is 7.05 Å². The maximum absolute atomic E-state index is 4.87. The Labute approximate surface area is 62.9 Å². The molecule has 62 valence electrons. The molecule has 3 nitrogen and oxygen atoms in total. The fourth-order valence-electron chi connectivity index (χ4n) is 0.553. The van der Waals surface area contributed by atoms with Crippen LogP contribution >= 0.6 is 0 Å². The Balaban J connectivity index is 3.00. The number of ether oxygens (including phenoxy) is 2. The molecule has 0 rings (SSSR count). The van der Waals surface area contributed by atoms with Gasteiger partial charge in [0.2, 0.25) is 0 Å². The first-order valence-electron chi connectivity index (χ1n) is 3.34. The van der Waals surface area contributed by atoms with Gasteiger partial charge in [-0.05, 0) is 13.1 Å². The summed E-state index contributed by atoms with van der Waals surface area (Å²) in [5, 5.41) is 0. The third kappa shape index (κ3) is 6.01. The minimum atomic E-state index is 0.729. The Hall–Kier alpha value is -0.120. The van der Waals surface area contributed by atoms with Crippen molar-refractivity contribution in [3.63, 3.8) is 0 Å². The molecular formula is C7H16NO2-. The third-order valence-corrected chi connectivity index (χ3v) is 1.22. The lowest BCUT2D eigenvalue weighted by molar-refractivity contribution is 0.136. The maximum Gasteiger partial charge on any atom is 0.0565 e. The lowest BCUT2D eigenvalue weighted by Gasteiger charge is -2.23. The Kier molecular flexibility index (Phi) is 6.91. The summed E-state index contributed by atoms with van der Waals surface area (Å²) in [5.74, 6) is 0. The van der Waals surface area contributed by atoms with E-state index in [1.165, 1.54) is 0 Å². The molecule has 3 heteroatoms. The van der Waals surface area contributed by atoms with Crippen LogP contribution in [0.2, 0.25) is 0 Å². The first-order valence-corrected chi connectivity index (χ1v) is 3.34. The molecule has 0 heterocycles. The Morgan fingerprint density at radius 1 is 1.10 bits per heavy atom. The molecule has 0 aromatic heterocycles. The van der Waals surface area contributed by atoms with E-state index in [1.807, 2.05) is 4.90 Å². The summed E-state index contributed by atoms with van der Waals surface area (Å²) in [5.41, 5.74) is 0. The maximum atomic E-state index is 4.87. The van der Waals surface area contributed by atoms with E-state index < -0.39 is 0 Å². The van der Waals surface area contributed by atoms with Crippen LogP contribution in [0.5, 0.6) is 0 Å². The topological polar surface area (TPSA) is 21.7 Å². The molecule has 0 aliphatic carbocycles. The van der Waals surface area contributed by atoms with Crippen molar-refractivity contribution in [3.8, 4) is 0 Å². The molecule has 0 amide bonds. The average Bonchev–Trinajstić information content (AvgIpc) is 1.97. The van der Waals surface area contributed by atoms with Gasteiger partial charge in [0, 0.05) is 14.2 Å². The van der Waals surface area contributed by atoms with Crippen LogP contribution in [-0.2, 0) is 9.47 Å². The quantitative estimate of drug-likeness (QED) is 0.505. The van der Waals surface area contributed by atoms with Gasteiger partial charge in [-0.2, -0.15) is 0 Å². The molecule has 0 aromatic rings. The second-order valence-corrected chi connectivity index (χ2v) is 2.10. The first-order chi connectivity index (χ1) is 4.81. The van der Waals surface area contributed by atoms with Crippen molar-refractivity contribution >= 4 is 0 Å². The van der Waals surface area contributed by atoms with Crippen molar-refractivity contribution in [1.82, 2.24) is 4.90 Å². The van der Waals surface area contributed by atoms with Gasteiger partial charge in [-0.15, -0.1) is 0 Å². The molecule has 0 atom stereocenters. The largest absolute Gasteiger partial charge is 0.455 e. The minimum absolute atomic E-state index is 0.729. The standard InChI is InChI=1S/C7H16NO2/c1-8(4-6-9-2)5-7-10-3/h1,4-7H2,2-3H3/q-1. The Morgan fingerprint density at radius 3 is 1.80 bits per heavy atom. The summed E-state index contributed by atoms with van der Waals surface area (Å²) in [6, 6.07) is 0. The van der Waals surface area contributed by atoms with Crippen molar-refractivity contribution in [3.05, 3.63) is 7.05 Å². The van der Waals surface area contributed by atoms with E-state index in [1.54, 1.807) is 14.2 Å². The highest BCUT2D eigenvalue weighted by molar-refractivity contribution is 4.52. The number of rotatable bonds is 6. The van der Waals surface area contributed by atoms with Crippen LogP contribution in [0.1, 0.15) is 0 Å². The lowest BCUT2D eigenvalue weighted by Crippen LogP contribution is -2.24. The third-order valence-electron chi connectivity index (χ3n) is 1.22. The molecule has 0 saturated heterocycles. The summed E-state index contributed by atoms with van der Waals surface area (Å²) < 4.78 is 9.74. The zero-order valence-corrected chi connectivity index (χ0v) is 6.80. The van der Waals surface area contributed by atoms with Gasteiger partial charge in [0.15, 0.2) is 0 Å². The predicted molar refractivity (Wildman–Crippen MR) is 40.7 cm³/mol. The molecule has 0 radical (unpaired) electrons. The van der Waals surface area contributed by atoms with Crippen LogP contribution in [0, 0.1) is 7.05 Å². The molecular weight excluding hydrogens is 130 g/mol. The number of hydrogen-bond donors (Lipinski definition) is 0. The Morgan fingerprint density at radius 2 is 1.50 bits per heavy atom. The van der Waals surface area contributed by atoms with Crippen LogP contribution < -0.4 is 0 Å². The molecule has 0 aliphatic rings. The van der Waals surface area contributed by atoms with E-state index in [9.17, 15) is 0 Å². The number of methoxy groups -OCH3 is 2. The molecule has 0 saturated carbocycles. The van der Waals surface area contributed by atoms with Gasteiger partial charge in [0.05, 0.1) is 13.2 Å². The zero-order valence-electron chi connectivity index (χ0n) is 6.80. The summed E-state index contributed by atoms with van der Waals surface area (Å²) in [6.07, 6.45) is 0. The van der Waals surface area contributed by atoms with Gasteiger partial charge in [-0.1, -0.05) is 0 Å². The van der Waals surface area contributed by atoms with E-state index >= 15 is 0 Å². The SMILES string of the molecule is [CH2-]N(CCOC)CCOC. The highest BCUT2D eigenvalue weighted by Gasteiger charge is 1.88. The van der Waals surface area contributed by atoms with Crippen molar-refractivity contribution in [1.29, 1.82) is 0 Å². The van der Waals surface area contributed by atoms with Crippen LogP contribution in [0.25, 0.3) is 0 Å². The van der Waals surface area contributed by atoms with Gasteiger partial charge >= 0.3 is 0 Å². The van der Waals surface area contributed by atoms with Crippen molar-refractivity contribution in [2.24, 2.45) is 0 Å². The summed E-state index contributed by atoms with van der Waals surface area (Å²) >= 11 is 0. The molecule has 0 aromatic carbocycles. The normalized spacial score (nSPS) is 10.8. The molecule has 0 spiro atoms. The van der Waals surface area contributed by atoms with Gasteiger partial charge in [-0.25, -0.2) is 0 Å². The minimum Gasteiger partial charge on any atom is -0.455 e. The monoisotopic (exact) mass is 146 g/mol. The fraction of sp³-hybridized carbons (Fsp3) is 0.857. The van der Waals surface area contributed by atoms with E-state index in [0.29, 0.717) is 0 Å². The van der Waals surface area contributed by atoms with Gasteiger partial charge in [0.1, 0.15) is 0 Å². The van der Waals surface area contributed by atoms with Crippen molar-refractivity contribution in [2.45, 2.75) is 0 Å². The molecule has 0 fully saturated rings. The van der Waals surface area contributed by atoms with Crippen LogP contribution in [0.15, 0.2) is 0 Å². The second kappa shape index (κ2) is 6.99. The summed E-state index contributed by atoms with van der Waals surface area (Å²) in [4.78, 5) is 1.92. The first kappa shape index (κ1) is 9.88. The van der Waals surface area contributed by atoms with Gasteiger partial charge in [-0.3, -0.25) is 7.05 Å². The van der Waals surface area contributed by atoms with E-state index in [-0.39, 0.29) is 0 Å². The van der Waals surface area contributed by atoms with Crippen LogP contribution in [0.3, 0.4) is 0 Å². The average molecular weight is 146 g/mol. The molecule has 0 aliphatic heterocycles. The summed E-state index contributed by atoms with van der Waals surface area (Å²) in [6.45, 7) is 3.18. The zero-order chi connectivity index (χ0) is 7.82. The predicted octanol–water partition coefficient (Wildman–Crippen LogP) is 0.373. The number of hydrogen-bond acceptors (Lipinski definition) is 3. The molecule has 10 heavy (non-hydrogen) atoms. The van der Waals surface area contributed by atoms with E-state index in [4.69, 9.17) is 9.47 Å². The van der Waals surface area contributed by atoms with Gasteiger partial charge in [0.25, 0.3) is 0 Å². The number of nitrogens with zero attached hydrogens (tertiary/aromatic N) is 1. The second-order valence-electron chi connectivity index (χ2n) is 2.10. The smallest absolute Gasteiger partial charge is 0.0565 e. The highest BCUT2D eigenvalue weighted by Crippen LogP contribution is 1.83. The molecule has 0 unspecified atom stereocenters. The van der Waals surface area contributed by atoms with Crippen molar-refractivity contribution < 1.29 is 9.47 Å². The Bertz CT molecular complexity index is 60.6. The summed E-state index contributed by atoms with van der Waals surface area (Å²) in [7, 11) is 7.16. The fourth-order valence-corrected chi connectivity index (χ4v) is 0.553. The lowest BCUT2D eigenvalue weighted by atomic mass is 10.5. The van der Waals surface area contributed by atoms with Crippen LogP contribution in [-0.4, -0.2) is 45.4 Å². The van der Waals surface area contributed by atoms with Crippen LogP contribution in [0.4, 0.5) is 0 Å². The molecule has 0 N–H and O–H groups in total. The van der Waals surface area contributed by atoms with Crippen molar-refractivity contribution in [2.75, 3.05) is 40.5 Å². The van der Waals surface area contributed by atoms with E-state index in [0.717, 1.165) is 26.3 Å². The molecule has 0 bridgehead atoms.